The molecule has 0 saturated carbocycles. The first-order chi connectivity index (χ1) is 9.74. The molecule has 0 aliphatic heterocycles. The molecule has 8 heteroatoms. The van der Waals surface area contributed by atoms with E-state index in [9.17, 15) is 19.5 Å². The van der Waals surface area contributed by atoms with Crippen molar-refractivity contribution in [2.24, 2.45) is 0 Å². The number of carboxylic acid groups (broad SMARTS) is 1. The molecule has 114 valence electrons. The van der Waals surface area contributed by atoms with E-state index in [1.54, 1.807) is 18.2 Å². The van der Waals surface area contributed by atoms with Crippen LogP contribution in [0.25, 0.3) is 0 Å². The molecular weight excluding hydrogens is 300 g/mol. The molecule has 1 atom stereocenters. The van der Waals surface area contributed by atoms with Crippen LogP contribution in [-0.2, 0) is 9.59 Å². The Hall–Kier alpha value is -2.12. The third kappa shape index (κ3) is 5.05. The van der Waals surface area contributed by atoms with Gasteiger partial charge in [-0.3, -0.25) is 9.59 Å². The number of carboxylic acids is 1. The highest BCUT2D eigenvalue weighted by Crippen LogP contribution is 2.14. The van der Waals surface area contributed by atoms with E-state index in [2.05, 4.69) is 10.6 Å². The van der Waals surface area contributed by atoms with Gasteiger partial charge in [-0.2, -0.15) is 0 Å². The number of halogens is 1. The van der Waals surface area contributed by atoms with E-state index < -0.39 is 29.9 Å². The Morgan fingerprint density at radius 1 is 1.24 bits per heavy atom. The van der Waals surface area contributed by atoms with Crippen LogP contribution in [0.3, 0.4) is 0 Å². The first-order valence-corrected chi connectivity index (χ1v) is 6.37. The molecule has 2 amide bonds. The van der Waals surface area contributed by atoms with Crippen LogP contribution in [0.15, 0.2) is 24.3 Å². The maximum atomic E-state index is 11.8. The lowest BCUT2D eigenvalue weighted by atomic mass is 10.1. The van der Waals surface area contributed by atoms with Gasteiger partial charge in [-0.25, -0.2) is 4.79 Å². The normalized spacial score (nSPS) is 13.1. The molecule has 0 bridgehead atoms. The predicted molar refractivity (Wildman–Crippen MR) is 75.1 cm³/mol. The van der Waals surface area contributed by atoms with Gasteiger partial charge >= 0.3 is 5.97 Å². The molecular formula is C13H15ClN2O5. The zero-order chi connectivity index (χ0) is 16.0. The van der Waals surface area contributed by atoms with Crippen LogP contribution in [0, 0.1) is 0 Å². The molecule has 0 aliphatic rings. The van der Waals surface area contributed by atoms with Crippen LogP contribution >= 0.6 is 11.6 Å². The van der Waals surface area contributed by atoms with E-state index >= 15 is 0 Å². The second-order valence-electron chi connectivity index (χ2n) is 4.52. The minimum absolute atomic E-state index is 0.226. The lowest BCUT2D eigenvalue weighted by molar-refractivity contribution is -0.156. The number of carbonyl (C=O) groups excluding carboxylic acids is 2. The minimum atomic E-state index is -2.07. The van der Waals surface area contributed by atoms with Crippen molar-refractivity contribution in [2.75, 3.05) is 13.1 Å². The fourth-order valence-corrected chi connectivity index (χ4v) is 1.53. The Balaban J connectivity index is 2.45. The first kappa shape index (κ1) is 16.9. The van der Waals surface area contributed by atoms with E-state index in [4.69, 9.17) is 16.7 Å². The lowest BCUT2D eigenvalue weighted by Gasteiger charge is -2.18. The zero-order valence-corrected chi connectivity index (χ0v) is 12.0. The topological polar surface area (TPSA) is 116 Å². The van der Waals surface area contributed by atoms with Gasteiger partial charge in [0.1, 0.15) is 0 Å². The average molecular weight is 315 g/mol. The SMILES string of the molecule is CC(O)(CNC(=O)CNC(=O)c1ccccc1Cl)C(=O)O. The Bertz CT molecular complexity index is 559. The number of rotatable bonds is 6. The fraction of sp³-hybridized carbons (Fsp3) is 0.308. The second kappa shape index (κ2) is 7.05. The van der Waals surface area contributed by atoms with Crippen molar-refractivity contribution in [1.29, 1.82) is 0 Å². The maximum absolute atomic E-state index is 11.8. The molecule has 0 aromatic heterocycles. The van der Waals surface area contributed by atoms with E-state index in [-0.39, 0.29) is 17.1 Å². The number of aliphatic hydroxyl groups is 1. The van der Waals surface area contributed by atoms with Gasteiger partial charge < -0.3 is 20.8 Å². The Labute approximate surface area is 125 Å². The number of benzene rings is 1. The van der Waals surface area contributed by atoms with Gasteiger partial charge in [0, 0.05) is 0 Å². The molecule has 1 rings (SSSR count). The van der Waals surface area contributed by atoms with Gasteiger partial charge in [-0.1, -0.05) is 23.7 Å². The molecule has 7 nitrogen and oxygen atoms in total. The summed E-state index contributed by atoms with van der Waals surface area (Å²) in [6.07, 6.45) is 0. The summed E-state index contributed by atoms with van der Waals surface area (Å²) in [6.45, 7) is 0.223. The highest BCUT2D eigenvalue weighted by molar-refractivity contribution is 6.33. The van der Waals surface area contributed by atoms with E-state index in [1.807, 2.05) is 0 Å². The smallest absolute Gasteiger partial charge is 0.337 e. The fourth-order valence-electron chi connectivity index (χ4n) is 1.31. The molecule has 1 aromatic carbocycles. The van der Waals surface area contributed by atoms with Crippen molar-refractivity contribution in [3.05, 3.63) is 34.9 Å². The van der Waals surface area contributed by atoms with E-state index in [0.29, 0.717) is 0 Å². The summed E-state index contributed by atoms with van der Waals surface area (Å²) >= 11 is 5.83. The highest BCUT2D eigenvalue weighted by Gasteiger charge is 2.30. The molecule has 0 spiro atoms. The second-order valence-corrected chi connectivity index (χ2v) is 4.93. The summed E-state index contributed by atoms with van der Waals surface area (Å²) < 4.78 is 0. The maximum Gasteiger partial charge on any atom is 0.337 e. The van der Waals surface area contributed by atoms with Gasteiger partial charge in [0.2, 0.25) is 5.91 Å². The molecule has 4 N–H and O–H groups in total. The van der Waals surface area contributed by atoms with Gasteiger partial charge in [-0.15, -0.1) is 0 Å². The number of nitrogens with one attached hydrogen (secondary N) is 2. The number of aliphatic carboxylic acids is 1. The summed E-state index contributed by atoms with van der Waals surface area (Å²) in [7, 11) is 0. The van der Waals surface area contributed by atoms with E-state index in [1.165, 1.54) is 6.07 Å². The highest BCUT2D eigenvalue weighted by atomic mass is 35.5. The summed E-state index contributed by atoms with van der Waals surface area (Å²) in [5, 5.41) is 22.9. The number of hydrogen-bond acceptors (Lipinski definition) is 4. The Morgan fingerprint density at radius 2 is 1.86 bits per heavy atom. The minimum Gasteiger partial charge on any atom is -0.479 e. The summed E-state index contributed by atoms with van der Waals surface area (Å²) in [5.41, 5.74) is -1.84. The molecule has 0 saturated heterocycles. The molecule has 0 radical (unpaired) electrons. The van der Waals surface area contributed by atoms with Crippen molar-refractivity contribution in [3.8, 4) is 0 Å². The third-order valence-electron chi connectivity index (χ3n) is 2.62. The third-order valence-corrected chi connectivity index (χ3v) is 2.95. The van der Waals surface area contributed by atoms with Crippen molar-refractivity contribution >= 4 is 29.4 Å². The van der Waals surface area contributed by atoms with Gasteiger partial charge in [0.05, 0.1) is 23.7 Å². The molecule has 21 heavy (non-hydrogen) atoms. The van der Waals surface area contributed by atoms with Crippen LogP contribution in [0.1, 0.15) is 17.3 Å². The van der Waals surface area contributed by atoms with Crippen LogP contribution in [0.4, 0.5) is 0 Å². The monoisotopic (exact) mass is 314 g/mol. The summed E-state index contributed by atoms with van der Waals surface area (Å²) in [6, 6.07) is 6.34. The van der Waals surface area contributed by atoms with Crippen LogP contribution < -0.4 is 10.6 Å². The number of carbonyl (C=O) groups is 3. The van der Waals surface area contributed by atoms with Crippen LogP contribution in [-0.4, -0.2) is 46.7 Å². The average Bonchev–Trinajstić information content (AvgIpc) is 2.43. The summed E-state index contributed by atoms with van der Waals surface area (Å²) in [5.74, 6) is -2.61. The van der Waals surface area contributed by atoms with Crippen LogP contribution in [0.5, 0.6) is 0 Å². The molecule has 0 aliphatic carbocycles. The molecule has 1 unspecified atom stereocenters. The van der Waals surface area contributed by atoms with Gasteiger partial charge in [-0.05, 0) is 19.1 Å². The Kier molecular flexibility index (Phi) is 5.69. The molecule has 0 fully saturated rings. The molecule has 0 heterocycles. The van der Waals surface area contributed by atoms with Gasteiger partial charge in [0.25, 0.3) is 5.91 Å². The first-order valence-electron chi connectivity index (χ1n) is 5.99. The van der Waals surface area contributed by atoms with Crippen molar-refractivity contribution in [2.45, 2.75) is 12.5 Å². The number of amides is 2. The van der Waals surface area contributed by atoms with Crippen molar-refractivity contribution in [1.82, 2.24) is 10.6 Å². The molecule has 1 aromatic rings. The van der Waals surface area contributed by atoms with Crippen molar-refractivity contribution in [3.63, 3.8) is 0 Å². The lowest BCUT2D eigenvalue weighted by Crippen LogP contribution is -2.48. The van der Waals surface area contributed by atoms with E-state index in [0.717, 1.165) is 6.92 Å². The van der Waals surface area contributed by atoms with Crippen LogP contribution in [0.2, 0.25) is 5.02 Å². The van der Waals surface area contributed by atoms with Crippen molar-refractivity contribution < 1.29 is 24.6 Å². The predicted octanol–water partition coefficient (Wildman–Crippen LogP) is 0.0216. The summed E-state index contributed by atoms with van der Waals surface area (Å²) in [4.78, 5) is 33.9. The quantitative estimate of drug-likeness (QED) is 0.591. The number of hydrogen-bond donors (Lipinski definition) is 4. The largest absolute Gasteiger partial charge is 0.479 e. The standard InChI is InChI=1S/C13H15ClN2O5/c1-13(21,12(19)20)7-16-10(17)6-15-11(18)8-4-2-3-5-9(8)14/h2-5,21H,6-7H2,1H3,(H,15,18)(H,16,17)(H,19,20). The Morgan fingerprint density at radius 3 is 2.43 bits per heavy atom. The zero-order valence-electron chi connectivity index (χ0n) is 11.2. The van der Waals surface area contributed by atoms with Gasteiger partial charge in [0.15, 0.2) is 5.60 Å².